The van der Waals surface area contributed by atoms with Crippen LogP contribution in [0, 0.1) is 11.3 Å². The van der Waals surface area contributed by atoms with Crippen LogP contribution in [0.2, 0.25) is 5.02 Å². The van der Waals surface area contributed by atoms with Crippen molar-refractivity contribution in [3.63, 3.8) is 0 Å². The van der Waals surface area contributed by atoms with Crippen LogP contribution >= 0.6 is 11.6 Å². The van der Waals surface area contributed by atoms with E-state index in [1.807, 2.05) is 6.07 Å². The normalized spacial score (nSPS) is 13.3. The molecule has 1 aliphatic rings. The number of fused-ring (bicyclic) bond motifs is 1. The lowest BCUT2D eigenvalue weighted by Gasteiger charge is -2.15. The minimum Gasteiger partial charge on any atom is -0.268 e. The van der Waals surface area contributed by atoms with Crippen molar-refractivity contribution in [2.45, 2.75) is 0 Å². The van der Waals surface area contributed by atoms with Crippen LogP contribution < -0.4 is 4.90 Å². The molecular weight excluding hydrogens is 276 g/mol. The Morgan fingerprint density at radius 3 is 2.10 bits per heavy atom. The number of halogens is 1. The minimum absolute atomic E-state index is 0.193. The van der Waals surface area contributed by atoms with E-state index in [1.54, 1.807) is 24.3 Å². The summed E-state index contributed by atoms with van der Waals surface area (Å²) in [5.74, 6) is -0.811. The number of benzene rings is 2. The molecule has 2 aromatic rings. The number of nitriles is 1. The minimum atomic E-state index is -0.405. The Hall–Kier alpha value is -2.64. The fourth-order valence-electron chi connectivity index (χ4n) is 2.17. The number of nitrogens with zero attached hydrogens (tertiary/aromatic N) is 2. The molecule has 0 bridgehead atoms. The van der Waals surface area contributed by atoms with Gasteiger partial charge >= 0.3 is 0 Å². The van der Waals surface area contributed by atoms with Crippen LogP contribution in [-0.4, -0.2) is 11.8 Å². The maximum absolute atomic E-state index is 12.3. The molecule has 0 aromatic heterocycles. The number of rotatable bonds is 1. The van der Waals surface area contributed by atoms with Crippen molar-refractivity contribution >= 4 is 29.1 Å². The lowest BCUT2D eigenvalue weighted by molar-refractivity contribution is 0.0926. The largest absolute Gasteiger partial charge is 0.268 e. The van der Waals surface area contributed by atoms with E-state index in [0.717, 1.165) is 4.90 Å². The first-order valence-electron chi connectivity index (χ1n) is 5.81. The van der Waals surface area contributed by atoms with E-state index < -0.39 is 11.8 Å². The summed E-state index contributed by atoms with van der Waals surface area (Å²) in [4.78, 5) is 25.6. The van der Waals surface area contributed by atoms with Gasteiger partial charge in [0.2, 0.25) is 0 Å². The molecule has 20 heavy (non-hydrogen) atoms. The number of carbonyl (C=O) groups is 2. The molecule has 0 N–H and O–H groups in total. The molecule has 3 rings (SSSR count). The van der Waals surface area contributed by atoms with Crippen LogP contribution in [0.4, 0.5) is 5.69 Å². The summed E-state index contributed by atoms with van der Waals surface area (Å²) >= 11 is 6.06. The van der Waals surface area contributed by atoms with Crippen LogP contribution in [0.1, 0.15) is 26.3 Å². The molecule has 2 amide bonds. The predicted octanol–water partition coefficient (Wildman–Crippen LogP) is 3.01. The van der Waals surface area contributed by atoms with E-state index in [2.05, 4.69) is 0 Å². The monoisotopic (exact) mass is 282 g/mol. The highest BCUT2D eigenvalue weighted by Gasteiger charge is 2.37. The molecule has 1 heterocycles. The van der Waals surface area contributed by atoms with E-state index in [-0.39, 0.29) is 10.7 Å². The van der Waals surface area contributed by atoms with Gasteiger partial charge in [-0.3, -0.25) is 9.59 Å². The average molecular weight is 283 g/mol. The van der Waals surface area contributed by atoms with Gasteiger partial charge in [-0.15, -0.1) is 0 Å². The van der Waals surface area contributed by atoms with Crippen molar-refractivity contribution in [1.82, 2.24) is 0 Å². The van der Waals surface area contributed by atoms with Gasteiger partial charge in [0.05, 0.1) is 33.5 Å². The molecule has 0 unspecified atom stereocenters. The van der Waals surface area contributed by atoms with Gasteiger partial charge in [-0.25, -0.2) is 4.90 Å². The predicted molar refractivity (Wildman–Crippen MR) is 73.7 cm³/mol. The van der Waals surface area contributed by atoms with Crippen molar-refractivity contribution in [3.8, 4) is 6.07 Å². The van der Waals surface area contributed by atoms with E-state index in [4.69, 9.17) is 16.9 Å². The van der Waals surface area contributed by atoms with Crippen molar-refractivity contribution in [2.24, 2.45) is 0 Å². The maximum atomic E-state index is 12.3. The third kappa shape index (κ3) is 1.68. The Morgan fingerprint density at radius 2 is 1.60 bits per heavy atom. The maximum Gasteiger partial charge on any atom is 0.266 e. The molecule has 0 atom stereocenters. The molecule has 5 heteroatoms. The molecule has 0 aliphatic carbocycles. The van der Waals surface area contributed by atoms with Crippen molar-refractivity contribution in [1.29, 1.82) is 5.26 Å². The van der Waals surface area contributed by atoms with Crippen LogP contribution in [0.25, 0.3) is 0 Å². The highest BCUT2D eigenvalue weighted by Crippen LogP contribution is 2.33. The summed E-state index contributed by atoms with van der Waals surface area (Å²) in [6.07, 6.45) is 0. The van der Waals surface area contributed by atoms with Crippen molar-refractivity contribution in [3.05, 3.63) is 64.2 Å². The van der Waals surface area contributed by atoms with E-state index >= 15 is 0 Å². The number of carbonyl (C=O) groups excluding carboxylic acids is 2. The van der Waals surface area contributed by atoms with Gasteiger partial charge in [-0.2, -0.15) is 5.26 Å². The molecule has 2 aromatic carbocycles. The first-order valence-corrected chi connectivity index (χ1v) is 6.19. The van der Waals surface area contributed by atoms with Gasteiger partial charge in [-0.05, 0) is 30.3 Å². The molecule has 0 saturated carbocycles. The third-order valence-corrected chi connectivity index (χ3v) is 3.41. The quantitative estimate of drug-likeness (QED) is 0.755. The van der Waals surface area contributed by atoms with Crippen molar-refractivity contribution in [2.75, 3.05) is 4.90 Å². The second-order valence-corrected chi connectivity index (χ2v) is 4.68. The SMILES string of the molecule is N#Cc1ccc(N2C(=O)c3ccccc3C2=O)c(Cl)c1. The number of imide groups is 1. The fraction of sp³-hybridized carbons (Fsp3) is 0. The first kappa shape index (κ1) is 12.4. The Balaban J connectivity index is 2.12. The average Bonchev–Trinajstić information content (AvgIpc) is 2.72. The van der Waals surface area contributed by atoms with Crippen LogP contribution in [0.15, 0.2) is 42.5 Å². The number of amides is 2. The summed E-state index contributed by atoms with van der Waals surface area (Å²) < 4.78 is 0. The van der Waals surface area contributed by atoms with Crippen LogP contribution in [0.5, 0.6) is 0 Å². The molecule has 0 saturated heterocycles. The fourth-order valence-corrected chi connectivity index (χ4v) is 2.43. The third-order valence-electron chi connectivity index (χ3n) is 3.11. The van der Waals surface area contributed by atoms with Crippen molar-refractivity contribution < 1.29 is 9.59 Å². The molecular formula is C15H7ClN2O2. The molecule has 0 radical (unpaired) electrons. The highest BCUT2D eigenvalue weighted by molar-refractivity contribution is 6.39. The molecule has 0 spiro atoms. The van der Waals surface area contributed by atoms with Gasteiger partial charge in [-0.1, -0.05) is 23.7 Å². The number of hydrogen-bond donors (Lipinski definition) is 0. The van der Waals surface area contributed by atoms with Gasteiger partial charge in [0.1, 0.15) is 0 Å². The van der Waals surface area contributed by atoms with Gasteiger partial charge in [0.15, 0.2) is 0 Å². The van der Waals surface area contributed by atoms with Gasteiger partial charge < -0.3 is 0 Å². The lowest BCUT2D eigenvalue weighted by atomic mass is 10.1. The molecule has 1 aliphatic heterocycles. The first-order chi connectivity index (χ1) is 9.63. The Labute approximate surface area is 119 Å². The smallest absolute Gasteiger partial charge is 0.266 e. The zero-order valence-electron chi connectivity index (χ0n) is 10.1. The summed E-state index contributed by atoms with van der Waals surface area (Å²) in [5.41, 5.74) is 1.38. The zero-order chi connectivity index (χ0) is 14.3. The summed E-state index contributed by atoms with van der Waals surface area (Å²) in [5, 5.41) is 9.00. The molecule has 4 nitrogen and oxygen atoms in total. The number of hydrogen-bond acceptors (Lipinski definition) is 3. The molecule has 0 fully saturated rings. The Kier molecular flexibility index (Phi) is 2.78. The second kappa shape index (κ2) is 4.48. The standard InChI is InChI=1S/C15H7ClN2O2/c16-12-7-9(8-17)5-6-13(12)18-14(19)10-3-1-2-4-11(10)15(18)20/h1-7H. The second-order valence-electron chi connectivity index (χ2n) is 4.27. The Bertz CT molecular complexity index is 758. The summed E-state index contributed by atoms with van der Waals surface area (Å²) in [6, 6.07) is 13.0. The summed E-state index contributed by atoms with van der Waals surface area (Å²) in [7, 11) is 0. The summed E-state index contributed by atoms with van der Waals surface area (Å²) in [6.45, 7) is 0. The topological polar surface area (TPSA) is 61.2 Å². The Morgan fingerprint density at radius 1 is 1.00 bits per heavy atom. The van der Waals surface area contributed by atoms with Gasteiger partial charge in [0.25, 0.3) is 11.8 Å². The van der Waals surface area contributed by atoms with Crippen LogP contribution in [-0.2, 0) is 0 Å². The lowest BCUT2D eigenvalue weighted by Crippen LogP contribution is -2.29. The van der Waals surface area contributed by atoms with E-state index in [0.29, 0.717) is 16.7 Å². The zero-order valence-corrected chi connectivity index (χ0v) is 10.9. The van der Waals surface area contributed by atoms with E-state index in [1.165, 1.54) is 18.2 Å². The number of anilines is 1. The van der Waals surface area contributed by atoms with Gasteiger partial charge in [0, 0.05) is 0 Å². The van der Waals surface area contributed by atoms with Crippen LogP contribution in [0.3, 0.4) is 0 Å². The van der Waals surface area contributed by atoms with E-state index in [9.17, 15) is 9.59 Å². The highest BCUT2D eigenvalue weighted by atomic mass is 35.5. The molecule has 96 valence electrons.